The number of unbranched alkanes of at least 4 members (excludes halogenated alkanes) is 1. The van der Waals surface area contributed by atoms with Crippen LogP contribution in [-0.4, -0.2) is 11.8 Å². The maximum Gasteiger partial charge on any atom is 0.228 e. The Kier molecular flexibility index (Phi) is 7.39. The van der Waals surface area contributed by atoms with Gasteiger partial charge >= 0.3 is 0 Å². The van der Waals surface area contributed by atoms with Gasteiger partial charge in [-0.25, -0.2) is 0 Å². The monoisotopic (exact) mass is 352 g/mol. The van der Waals surface area contributed by atoms with Crippen LogP contribution in [0.4, 0.5) is 11.4 Å². The molecule has 0 saturated heterocycles. The highest BCUT2D eigenvalue weighted by Crippen LogP contribution is 2.15. The van der Waals surface area contributed by atoms with Gasteiger partial charge in [0.2, 0.25) is 11.8 Å². The van der Waals surface area contributed by atoms with Crippen molar-refractivity contribution in [2.24, 2.45) is 5.92 Å². The number of nitrogens with one attached hydrogen (secondary N) is 2. The number of carbonyl (C=O) groups excluding carboxylic acids is 2. The molecule has 26 heavy (non-hydrogen) atoms. The van der Waals surface area contributed by atoms with Crippen LogP contribution in [0.3, 0.4) is 0 Å². The third-order valence-electron chi connectivity index (χ3n) is 4.17. The second-order valence-electron chi connectivity index (χ2n) is 6.87. The minimum atomic E-state index is -0.0669. The Bertz CT molecular complexity index is 719. The number of anilines is 2. The topological polar surface area (TPSA) is 58.2 Å². The van der Waals surface area contributed by atoms with Crippen molar-refractivity contribution in [3.63, 3.8) is 0 Å². The SMILES string of the molecule is CCCCc1ccc(CC(=O)Nc2ccc(NC(=O)C(C)C)cc2)cc1. The Morgan fingerprint density at radius 2 is 1.38 bits per heavy atom. The number of hydrogen-bond acceptors (Lipinski definition) is 2. The minimum absolute atomic E-state index is 0.0239. The molecule has 0 heterocycles. The molecular formula is C22H28N2O2. The van der Waals surface area contributed by atoms with Crippen molar-refractivity contribution in [2.75, 3.05) is 10.6 Å². The van der Waals surface area contributed by atoms with Gasteiger partial charge in [-0.3, -0.25) is 9.59 Å². The minimum Gasteiger partial charge on any atom is -0.326 e. The summed E-state index contributed by atoms with van der Waals surface area (Å²) in [5.74, 6) is -0.141. The zero-order valence-corrected chi connectivity index (χ0v) is 15.8. The van der Waals surface area contributed by atoms with Crippen molar-refractivity contribution in [1.82, 2.24) is 0 Å². The zero-order chi connectivity index (χ0) is 18.9. The lowest BCUT2D eigenvalue weighted by atomic mass is 10.0. The molecule has 0 aliphatic carbocycles. The van der Waals surface area contributed by atoms with Gasteiger partial charge < -0.3 is 10.6 Å². The van der Waals surface area contributed by atoms with E-state index in [0.29, 0.717) is 6.42 Å². The maximum absolute atomic E-state index is 12.2. The molecule has 138 valence electrons. The quantitative estimate of drug-likeness (QED) is 0.716. The van der Waals surface area contributed by atoms with Crippen molar-refractivity contribution in [1.29, 1.82) is 0 Å². The number of hydrogen-bond donors (Lipinski definition) is 2. The summed E-state index contributed by atoms with van der Waals surface area (Å²) in [7, 11) is 0. The molecule has 0 aliphatic rings. The van der Waals surface area contributed by atoms with Crippen LogP contribution < -0.4 is 10.6 Å². The fourth-order valence-electron chi connectivity index (χ4n) is 2.52. The lowest BCUT2D eigenvalue weighted by molar-refractivity contribution is -0.119. The fourth-order valence-corrected chi connectivity index (χ4v) is 2.52. The van der Waals surface area contributed by atoms with E-state index in [1.54, 1.807) is 24.3 Å². The van der Waals surface area contributed by atoms with Crippen LogP contribution in [0.5, 0.6) is 0 Å². The van der Waals surface area contributed by atoms with Crippen molar-refractivity contribution in [3.8, 4) is 0 Å². The number of rotatable bonds is 8. The molecule has 0 radical (unpaired) electrons. The van der Waals surface area contributed by atoms with Gasteiger partial charge in [-0.1, -0.05) is 51.5 Å². The molecule has 0 bridgehead atoms. The summed E-state index contributed by atoms with van der Waals surface area (Å²) in [6.45, 7) is 5.88. The number of aryl methyl sites for hydroxylation is 1. The summed E-state index contributed by atoms with van der Waals surface area (Å²) in [5.41, 5.74) is 3.76. The molecule has 0 aromatic heterocycles. The molecule has 0 fully saturated rings. The van der Waals surface area contributed by atoms with Crippen molar-refractivity contribution >= 4 is 23.2 Å². The highest BCUT2D eigenvalue weighted by molar-refractivity contribution is 5.94. The Morgan fingerprint density at radius 1 is 0.846 bits per heavy atom. The van der Waals surface area contributed by atoms with Crippen molar-refractivity contribution in [2.45, 2.75) is 46.5 Å². The Morgan fingerprint density at radius 3 is 1.92 bits per heavy atom. The first-order valence-corrected chi connectivity index (χ1v) is 9.26. The smallest absolute Gasteiger partial charge is 0.228 e. The summed E-state index contributed by atoms with van der Waals surface area (Å²) in [6.07, 6.45) is 3.81. The van der Waals surface area contributed by atoms with E-state index >= 15 is 0 Å². The van der Waals surface area contributed by atoms with Crippen LogP contribution in [0.25, 0.3) is 0 Å². The lowest BCUT2D eigenvalue weighted by Crippen LogP contribution is -2.18. The molecular weight excluding hydrogens is 324 g/mol. The molecule has 2 aromatic carbocycles. The molecule has 2 rings (SSSR count). The molecule has 0 atom stereocenters. The van der Waals surface area contributed by atoms with E-state index in [1.807, 2.05) is 26.0 Å². The Hall–Kier alpha value is -2.62. The van der Waals surface area contributed by atoms with Crippen LogP contribution >= 0.6 is 0 Å². The maximum atomic E-state index is 12.2. The van der Waals surface area contributed by atoms with Crippen molar-refractivity contribution < 1.29 is 9.59 Å². The lowest BCUT2D eigenvalue weighted by Gasteiger charge is -2.09. The average molecular weight is 352 g/mol. The summed E-state index contributed by atoms with van der Waals surface area (Å²) < 4.78 is 0. The molecule has 4 nitrogen and oxygen atoms in total. The fraction of sp³-hybridized carbons (Fsp3) is 0.364. The van der Waals surface area contributed by atoms with Crippen LogP contribution in [-0.2, 0) is 22.4 Å². The first kappa shape index (κ1) is 19.7. The van der Waals surface area contributed by atoms with Crippen LogP contribution in [0.1, 0.15) is 44.7 Å². The van der Waals surface area contributed by atoms with Gasteiger partial charge in [-0.15, -0.1) is 0 Å². The predicted molar refractivity (Wildman–Crippen MR) is 107 cm³/mol. The summed E-state index contributed by atoms with van der Waals surface area (Å²) in [4.78, 5) is 23.9. The predicted octanol–water partition coefficient (Wildman–Crippen LogP) is 4.80. The highest BCUT2D eigenvalue weighted by atomic mass is 16.2. The average Bonchev–Trinajstić information content (AvgIpc) is 2.62. The zero-order valence-electron chi connectivity index (χ0n) is 15.8. The molecule has 2 N–H and O–H groups in total. The molecule has 4 heteroatoms. The first-order valence-electron chi connectivity index (χ1n) is 9.26. The van der Waals surface area contributed by atoms with E-state index in [9.17, 15) is 9.59 Å². The number of amides is 2. The Labute approximate surface area is 156 Å². The Balaban J connectivity index is 1.86. The van der Waals surface area contributed by atoms with E-state index in [1.165, 1.54) is 18.4 Å². The van der Waals surface area contributed by atoms with Gasteiger partial charge in [0.15, 0.2) is 0 Å². The van der Waals surface area contributed by atoms with Crippen LogP contribution in [0.2, 0.25) is 0 Å². The molecule has 0 saturated carbocycles. The van der Waals surface area contributed by atoms with E-state index in [-0.39, 0.29) is 17.7 Å². The largest absolute Gasteiger partial charge is 0.326 e. The van der Waals surface area contributed by atoms with E-state index < -0.39 is 0 Å². The van der Waals surface area contributed by atoms with Gasteiger partial charge in [-0.2, -0.15) is 0 Å². The molecule has 0 spiro atoms. The van der Waals surface area contributed by atoms with Crippen LogP contribution in [0, 0.1) is 5.92 Å². The van der Waals surface area contributed by atoms with Gasteiger partial charge in [0.25, 0.3) is 0 Å². The number of carbonyl (C=O) groups is 2. The highest BCUT2D eigenvalue weighted by Gasteiger charge is 2.08. The van der Waals surface area contributed by atoms with E-state index in [0.717, 1.165) is 23.4 Å². The standard InChI is InChI=1S/C22H28N2O2/c1-4-5-6-17-7-9-18(10-8-17)15-21(25)23-19-11-13-20(14-12-19)24-22(26)16(2)3/h7-14,16H,4-6,15H2,1-3H3,(H,23,25)(H,24,26). The summed E-state index contributed by atoms with van der Waals surface area (Å²) >= 11 is 0. The van der Waals surface area contributed by atoms with E-state index in [4.69, 9.17) is 0 Å². The molecule has 2 amide bonds. The summed E-state index contributed by atoms with van der Waals surface area (Å²) in [5, 5.41) is 5.72. The van der Waals surface area contributed by atoms with Crippen LogP contribution in [0.15, 0.2) is 48.5 Å². The van der Waals surface area contributed by atoms with Gasteiger partial charge in [-0.05, 0) is 48.2 Å². The number of benzene rings is 2. The second-order valence-corrected chi connectivity index (χ2v) is 6.87. The van der Waals surface area contributed by atoms with Crippen molar-refractivity contribution in [3.05, 3.63) is 59.7 Å². The summed E-state index contributed by atoms with van der Waals surface area (Å²) in [6, 6.07) is 15.4. The normalized spacial score (nSPS) is 10.6. The molecule has 0 unspecified atom stereocenters. The molecule has 0 aliphatic heterocycles. The third kappa shape index (κ3) is 6.36. The second kappa shape index (κ2) is 9.76. The van der Waals surface area contributed by atoms with Gasteiger partial charge in [0, 0.05) is 17.3 Å². The van der Waals surface area contributed by atoms with E-state index in [2.05, 4.69) is 29.7 Å². The van der Waals surface area contributed by atoms with Gasteiger partial charge in [0.05, 0.1) is 6.42 Å². The first-order chi connectivity index (χ1) is 12.5. The third-order valence-corrected chi connectivity index (χ3v) is 4.17. The molecule has 2 aromatic rings. The van der Waals surface area contributed by atoms with Gasteiger partial charge in [0.1, 0.15) is 0 Å².